The molecule has 5 nitrogen and oxygen atoms in total. The van der Waals surface area contributed by atoms with Crippen LogP contribution in [0.5, 0.6) is 0 Å². The van der Waals surface area contributed by atoms with Gasteiger partial charge in [0.05, 0.1) is 6.61 Å². The van der Waals surface area contributed by atoms with E-state index in [9.17, 15) is 9.90 Å². The minimum absolute atomic E-state index is 0.0651. The molecule has 1 aliphatic heterocycles. The Kier molecular flexibility index (Phi) is 5.04. The van der Waals surface area contributed by atoms with Crippen molar-refractivity contribution in [2.75, 3.05) is 13.1 Å². The number of ether oxygens (including phenoxy) is 1. The molecule has 25 heavy (non-hydrogen) atoms. The number of amides is 1. The van der Waals surface area contributed by atoms with Gasteiger partial charge in [-0.2, -0.15) is 0 Å². The minimum Gasteiger partial charge on any atom is -0.444 e. The molecular weight excluding hydrogens is 316 g/mol. The molecule has 1 aromatic carbocycles. The SMILES string of the molecule is CC(C)(C)OC(=O)N1CCC(Cn2ccc3c(CO)cccc32)CC1. The second-order valence-corrected chi connectivity index (χ2v) is 7.89. The predicted octanol–water partition coefficient (Wildman–Crippen LogP) is 3.78. The Morgan fingerprint density at radius 2 is 1.96 bits per heavy atom. The number of benzene rings is 1. The molecule has 3 rings (SSSR count). The lowest BCUT2D eigenvalue weighted by Crippen LogP contribution is -2.42. The Bertz CT molecular complexity index is 737. The van der Waals surface area contributed by atoms with Crippen molar-refractivity contribution >= 4 is 17.0 Å². The highest BCUT2D eigenvalue weighted by atomic mass is 16.6. The zero-order chi connectivity index (χ0) is 18.0. The molecule has 0 bridgehead atoms. The van der Waals surface area contributed by atoms with Gasteiger partial charge in [0, 0.05) is 36.7 Å². The van der Waals surface area contributed by atoms with Crippen molar-refractivity contribution in [3.8, 4) is 0 Å². The summed E-state index contributed by atoms with van der Waals surface area (Å²) in [6, 6.07) is 8.14. The number of hydrogen-bond acceptors (Lipinski definition) is 3. The Hall–Kier alpha value is -2.01. The third-order valence-electron chi connectivity index (χ3n) is 4.80. The molecule has 0 saturated carbocycles. The second kappa shape index (κ2) is 7.08. The first-order valence-electron chi connectivity index (χ1n) is 9.03. The Morgan fingerprint density at radius 1 is 1.24 bits per heavy atom. The van der Waals surface area contributed by atoms with E-state index in [1.807, 2.05) is 37.8 Å². The average molecular weight is 344 g/mol. The number of aliphatic hydroxyl groups excluding tert-OH is 1. The smallest absolute Gasteiger partial charge is 0.410 e. The van der Waals surface area contributed by atoms with E-state index in [4.69, 9.17) is 4.74 Å². The lowest BCUT2D eigenvalue weighted by molar-refractivity contribution is 0.0178. The van der Waals surface area contributed by atoms with Crippen molar-refractivity contribution in [2.45, 2.75) is 52.4 Å². The van der Waals surface area contributed by atoms with Crippen LogP contribution in [0.1, 0.15) is 39.2 Å². The largest absolute Gasteiger partial charge is 0.444 e. The van der Waals surface area contributed by atoms with Gasteiger partial charge < -0.3 is 19.3 Å². The highest BCUT2D eigenvalue weighted by molar-refractivity contribution is 5.83. The summed E-state index contributed by atoms with van der Waals surface area (Å²) in [6.07, 6.45) is 3.87. The van der Waals surface area contributed by atoms with Gasteiger partial charge in [-0.3, -0.25) is 0 Å². The van der Waals surface area contributed by atoms with Gasteiger partial charge in [0.2, 0.25) is 0 Å². The highest BCUT2D eigenvalue weighted by Gasteiger charge is 2.27. The van der Waals surface area contributed by atoms with E-state index >= 15 is 0 Å². The van der Waals surface area contributed by atoms with Crippen LogP contribution in [-0.2, 0) is 17.9 Å². The quantitative estimate of drug-likeness (QED) is 0.922. The van der Waals surface area contributed by atoms with Gasteiger partial charge >= 0.3 is 6.09 Å². The van der Waals surface area contributed by atoms with E-state index in [1.54, 1.807) is 0 Å². The van der Waals surface area contributed by atoms with Crippen LogP contribution < -0.4 is 0 Å². The zero-order valence-corrected chi connectivity index (χ0v) is 15.4. The van der Waals surface area contributed by atoms with Crippen molar-refractivity contribution in [3.63, 3.8) is 0 Å². The van der Waals surface area contributed by atoms with Gasteiger partial charge in [-0.15, -0.1) is 0 Å². The van der Waals surface area contributed by atoms with Crippen LogP contribution in [-0.4, -0.2) is 39.4 Å². The molecule has 0 spiro atoms. The molecule has 1 amide bonds. The number of nitrogens with zero attached hydrogens (tertiary/aromatic N) is 2. The number of aliphatic hydroxyl groups is 1. The zero-order valence-electron chi connectivity index (χ0n) is 15.4. The molecule has 0 aliphatic carbocycles. The van der Waals surface area contributed by atoms with Crippen LogP contribution in [0, 0.1) is 5.92 Å². The maximum Gasteiger partial charge on any atom is 0.410 e. The molecule has 1 saturated heterocycles. The van der Waals surface area contributed by atoms with Gasteiger partial charge in [0.1, 0.15) is 5.60 Å². The van der Waals surface area contributed by atoms with E-state index in [-0.39, 0.29) is 12.7 Å². The molecule has 2 heterocycles. The van der Waals surface area contributed by atoms with E-state index in [1.165, 1.54) is 5.52 Å². The lowest BCUT2D eigenvalue weighted by atomic mass is 9.97. The average Bonchev–Trinajstić information content (AvgIpc) is 2.97. The molecular formula is C20H28N2O3. The van der Waals surface area contributed by atoms with Crippen molar-refractivity contribution in [1.82, 2.24) is 9.47 Å². The first-order valence-corrected chi connectivity index (χ1v) is 9.03. The van der Waals surface area contributed by atoms with E-state index in [0.717, 1.165) is 43.4 Å². The summed E-state index contributed by atoms with van der Waals surface area (Å²) in [4.78, 5) is 14.0. The van der Waals surface area contributed by atoms with Gasteiger partial charge in [0.25, 0.3) is 0 Å². The summed E-state index contributed by atoms with van der Waals surface area (Å²) < 4.78 is 7.73. The third-order valence-corrected chi connectivity index (χ3v) is 4.80. The maximum atomic E-state index is 12.2. The van der Waals surface area contributed by atoms with E-state index in [2.05, 4.69) is 22.9 Å². The van der Waals surface area contributed by atoms with Crippen LogP contribution in [0.25, 0.3) is 10.9 Å². The van der Waals surface area contributed by atoms with Crippen molar-refractivity contribution in [2.24, 2.45) is 5.92 Å². The van der Waals surface area contributed by atoms with Crippen molar-refractivity contribution in [3.05, 3.63) is 36.0 Å². The number of likely N-dealkylation sites (tertiary alicyclic amines) is 1. The fourth-order valence-corrected chi connectivity index (χ4v) is 3.49. The summed E-state index contributed by atoms with van der Waals surface area (Å²) in [5.41, 5.74) is 1.69. The van der Waals surface area contributed by atoms with Gasteiger partial charge in [0.15, 0.2) is 0 Å². The Morgan fingerprint density at radius 3 is 2.60 bits per heavy atom. The summed E-state index contributed by atoms with van der Waals surface area (Å²) in [5, 5.41) is 10.6. The van der Waals surface area contributed by atoms with E-state index < -0.39 is 5.60 Å². The van der Waals surface area contributed by atoms with Crippen LogP contribution in [0.3, 0.4) is 0 Å². The molecule has 2 aromatic rings. The van der Waals surface area contributed by atoms with E-state index in [0.29, 0.717) is 5.92 Å². The molecule has 1 fully saturated rings. The highest BCUT2D eigenvalue weighted by Crippen LogP contribution is 2.25. The van der Waals surface area contributed by atoms with Crippen molar-refractivity contribution < 1.29 is 14.6 Å². The molecule has 1 aromatic heterocycles. The Labute approximate surface area is 149 Å². The minimum atomic E-state index is -0.442. The fraction of sp³-hybridized carbons (Fsp3) is 0.550. The molecule has 0 unspecified atom stereocenters. The van der Waals surface area contributed by atoms with Crippen LogP contribution in [0.2, 0.25) is 0 Å². The number of piperidine rings is 1. The second-order valence-electron chi connectivity index (χ2n) is 7.89. The molecule has 1 N–H and O–H groups in total. The van der Waals surface area contributed by atoms with Crippen LogP contribution >= 0.6 is 0 Å². The monoisotopic (exact) mass is 344 g/mol. The van der Waals surface area contributed by atoms with Gasteiger partial charge in [-0.05, 0) is 57.2 Å². The number of carbonyl (C=O) groups excluding carboxylic acids is 1. The van der Waals surface area contributed by atoms with Gasteiger partial charge in [-0.1, -0.05) is 12.1 Å². The summed E-state index contributed by atoms with van der Waals surface area (Å²) >= 11 is 0. The van der Waals surface area contributed by atoms with Crippen LogP contribution in [0.4, 0.5) is 4.79 Å². The number of fused-ring (bicyclic) bond motifs is 1. The summed E-state index contributed by atoms with van der Waals surface area (Å²) in [6.45, 7) is 8.21. The lowest BCUT2D eigenvalue weighted by Gasteiger charge is -2.33. The summed E-state index contributed by atoms with van der Waals surface area (Å²) in [5.74, 6) is 0.548. The molecule has 0 radical (unpaired) electrons. The molecule has 1 aliphatic rings. The van der Waals surface area contributed by atoms with Crippen molar-refractivity contribution in [1.29, 1.82) is 0 Å². The topological polar surface area (TPSA) is 54.7 Å². The standard InChI is InChI=1S/C20H28N2O3/c1-20(2,3)25-19(24)21-10-7-15(8-11-21)13-22-12-9-17-16(14-23)5-4-6-18(17)22/h4-6,9,12,15,23H,7-8,10-11,13-14H2,1-3H3. The fourth-order valence-electron chi connectivity index (χ4n) is 3.49. The number of carbonyl (C=O) groups is 1. The number of aromatic nitrogens is 1. The molecule has 0 atom stereocenters. The van der Waals surface area contributed by atoms with Crippen LogP contribution in [0.15, 0.2) is 30.5 Å². The predicted molar refractivity (Wildman–Crippen MR) is 98.4 cm³/mol. The maximum absolute atomic E-state index is 12.2. The number of rotatable bonds is 3. The van der Waals surface area contributed by atoms with Gasteiger partial charge in [-0.25, -0.2) is 4.79 Å². The normalized spacial score (nSPS) is 16.4. The molecule has 5 heteroatoms. The summed E-state index contributed by atoms with van der Waals surface area (Å²) in [7, 11) is 0. The number of hydrogen-bond donors (Lipinski definition) is 1. The Balaban J connectivity index is 1.60. The third kappa shape index (κ3) is 4.15. The first kappa shape index (κ1) is 17.8. The first-order chi connectivity index (χ1) is 11.9. The molecule has 136 valence electrons.